The number of morpholine rings is 1. The minimum absolute atomic E-state index is 0.301. The zero-order chi connectivity index (χ0) is 15.1. The van der Waals surface area contributed by atoms with Gasteiger partial charge in [-0.2, -0.15) is 15.0 Å². The molecule has 1 N–H and O–H groups in total. The Morgan fingerprint density at radius 1 is 1.29 bits per heavy atom. The third kappa shape index (κ3) is 4.17. The van der Waals surface area contributed by atoms with Gasteiger partial charge in [0, 0.05) is 13.1 Å². The van der Waals surface area contributed by atoms with E-state index in [1.807, 2.05) is 6.92 Å². The summed E-state index contributed by atoms with van der Waals surface area (Å²) in [4.78, 5) is 15.4. The fourth-order valence-corrected chi connectivity index (χ4v) is 2.23. The molecule has 1 aliphatic heterocycles. The van der Waals surface area contributed by atoms with Crippen LogP contribution in [0, 0.1) is 0 Å². The molecule has 118 valence electrons. The molecule has 0 spiro atoms. The first-order valence-electron chi connectivity index (χ1n) is 7.75. The van der Waals surface area contributed by atoms with Crippen molar-refractivity contribution in [1.82, 2.24) is 15.0 Å². The quantitative estimate of drug-likeness (QED) is 0.821. The summed E-state index contributed by atoms with van der Waals surface area (Å²) in [6.07, 6.45) is 1.92. The molecule has 0 amide bonds. The predicted octanol–water partition coefficient (Wildman–Crippen LogP) is 1.71. The predicted molar refractivity (Wildman–Crippen MR) is 82.0 cm³/mol. The third-order valence-electron chi connectivity index (χ3n) is 3.33. The van der Waals surface area contributed by atoms with E-state index in [1.165, 1.54) is 0 Å². The molecule has 1 fully saturated rings. The van der Waals surface area contributed by atoms with Crippen LogP contribution >= 0.6 is 0 Å². The summed E-state index contributed by atoms with van der Waals surface area (Å²) in [7, 11) is 0. The molecule has 7 heteroatoms. The maximum atomic E-state index is 5.58. The lowest BCUT2D eigenvalue weighted by Crippen LogP contribution is -2.46. The number of nitrogens with zero attached hydrogens (tertiary/aromatic N) is 4. The number of nitrogens with one attached hydrogen (secondary N) is 1. The van der Waals surface area contributed by atoms with Crippen molar-refractivity contribution in [2.45, 2.75) is 39.7 Å². The number of aromatic nitrogens is 3. The van der Waals surface area contributed by atoms with Gasteiger partial charge in [-0.3, -0.25) is 0 Å². The monoisotopic (exact) mass is 295 g/mol. The van der Waals surface area contributed by atoms with Crippen molar-refractivity contribution in [2.24, 2.45) is 0 Å². The molecule has 0 saturated carbocycles. The maximum Gasteiger partial charge on any atom is 0.323 e. The van der Waals surface area contributed by atoms with Crippen LogP contribution in [0.4, 0.5) is 11.9 Å². The number of rotatable bonds is 7. The van der Waals surface area contributed by atoms with Crippen LogP contribution in [-0.2, 0) is 4.74 Å². The Labute approximate surface area is 126 Å². The summed E-state index contributed by atoms with van der Waals surface area (Å²) in [6, 6.07) is 0.689. The molecule has 7 nitrogen and oxygen atoms in total. The van der Waals surface area contributed by atoms with Crippen LogP contribution in [-0.4, -0.2) is 53.9 Å². The second-order valence-corrected chi connectivity index (χ2v) is 4.95. The number of ether oxygens (including phenoxy) is 2. The molecule has 2 heterocycles. The molecule has 1 atom stereocenters. The van der Waals surface area contributed by atoms with Gasteiger partial charge in [0.1, 0.15) is 0 Å². The van der Waals surface area contributed by atoms with Crippen molar-refractivity contribution >= 4 is 11.9 Å². The molecular formula is C14H25N5O2. The SMILES string of the molecule is CCCOc1nc(NCC)nc(N2CCOCC2CC)n1. The zero-order valence-electron chi connectivity index (χ0n) is 13.1. The van der Waals surface area contributed by atoms with E-state index in [9.17, 15) is 0 Å². The normalized spacial score (nSPS) is 18.6. The molecule has 1 aromatic rings. The smallest absolute Gasteiger partial charge is 0.323 e. The van der Waals surface area contributed by atoms with Crippen molar-refractivity contribution in [2.75, 3.05) is 43.1 Å². The molecule has 21 heavy (non-hydrogen) atoms. The van der Waals surface area contributed by atoms with Crippen molar-refractivity contribution in [1.29, 1.82) is 0 Å². The van der Waals surface area contributed by atoms with Crippen LogP contribution in [0.25, 0.3) is 0 Å². The Morgan fingerprint density at radius 3 is 2.86 bits per heavy atom. The molecule has 1 saturated heterocycles. The van der Waals surface area contributed by atoms with E-state index in [1.54, 1.807) is 0 Å². The van der Waals surface area contributed by atoms with Gasteiger partial charge in [0.15, 0.2) is 0 Å². The highest BCUT2D eigenvalue weighted by Crippen LogP contribution is 2.20. The topological polar surface area (TPSA) is 72.4 Å². The molecule has 1 unspecified atom stereocenters. The van der Waals surface area contributed by atoms with E-state index < -0.39 is 0 Å². The van der Waals surface area contributed by atoms with Gasteiger partial charge in [-0.05, 0) is 19.8 Å². The van der Waals surface area contributed by atoms with Gasteiger partial charge in [0.2, 0.25) is 11.9 Å². The maximum absolute atomic E-state index is 5.58. The van der Waals surface area contributed by atoms with E-state index in [4.69, 9.17) is 9.47 Å². The summed E-state index contributed by atoms with van der Waals surface area (Å²) in [6.45, 7) is 9.79. The largest absolute Gasteiger partial charge is 0.463 e. The second-order valence-electron chi connectivity index (χ2n) is 4.95. The fourth-order valence-electron chi connectivity index (χ4n) is 2.23. The van der Waals surface area contributed by atoms with Gasteiger partial charge in [0.25, 0.3) is 0 Å². The van der Waals surface area contributed by atoms with E-state index in [0.29, 0.717) is 43.8 Å². The molecule has 0 radical (unpaired) electrons. The Balaban J connectivity index is 2.24. The summed E-state index contributed by atoms with van der Waals surface area (Å²) in [5.41, 5.74) is 0. The van der Waals surface area contributed by atoms with E-state index in [0.717, 1.165) is 25.9 Å². The van der Waals surface area contributed by atoms with Crippen molar-refractivity contribution < 1.29 is 9.47 Å². The molecule has 0 aliphatic carbocycles. The lowest BCUT2D eigenvalue weighted by Gasteiger charge is -2.35. The summed E-state index contributed by atoms with van der Waals surface area (Å²) >= 11 is 0. The highest BCUT2D eigenvalue weighted by atomic mass is 16.5. The first-order chi connectivity index (χ1) is 10.3. The lowest BCUT2D eigenvalue weighted by molar-refractivity contribution is 0.0919. The average Bonchev–Trinajstić information content (AvgIpc) is 2.53. The summed E-state index contributed by atoms with van der Waals surface area (Å²) < 4.78 is 11.1. The summed E-state index contributed by atoms with van der Waals surface area (Å²) in [5, 5.41) is 3.14. The van der Waals surface area contributed by atoms with E-state index in [-0.39, 0.29) is 0 Å². The molecular weight excluding hydrogens is 270 g/mol. The molecule has 1 aromatic heterocycles. The molecule has 0 aromatic carbocycles. The first-order valence-corrected chi connectivity index (χ1v) is 7.75. The van der Waals surface area contributed by atoms with Gasteiger partial charge in [-0.1, -0.05) is 13.8 Å². The van der Waals surface area contributed by atoms with Crippen LogP contribution in [0.2, 0.25) is 0 Å². The van der Waals surface area contributed by atoms with E-state index >= 15 is 0 Å². The van der Waals surface area contributed by atoms with Gasteiger partial charge in [0.05, 0.1) is 25.9 Å². The minimum atomic E-state index is 0.301. The number of hydrogen-bond donors (Lipinski definition) is 1. The van der Waals surface area contributed by atoms with E-state index in [2.05, 4.69) is 39.0 Å². The Hall–Kier alpha value is -1.63. The number of anilines is 2. The highest BCUT2D eigenvalue weighted by Gasteiger charge is 2.25. The summed E-state index contributed by atoms with van der Waals surface area (Å²) in [5.74, 6) is 1.23. The Morgan fingerprint density at radius 2 is 2.14 bits per heavy atom. The van der Waals surface area contributed by atoms with Crippen molar-refractivity contribution in [3.63, 3.8) is 0 Å². The van der Waals surface area contributed by atoms with Gasteiger partial charge < -0.3 is 19.7 Å². The van der Waals surface area contributed by atoms with Crippen LogP contribution in [0.1, 0.15) is 33.6 Å². The zero-order valence-corrected chi connectivity index (χ0v) is 13.1. The standard InChI is InChI=1S/C14H25N5O2/c1-4-8-21-14-17-12(15-6-3)16-13(18-14)19-7-9-20-10-11(19)5-2/h11H,4-10H2,1-3H3,(H,15,16,17,18). The minimum Gasteiger partial charge on any atom is -0.463 e. The lowest BCUT2D eigenvalue weighted by atomic mass is 10.2. The molecule has 0 bridgehead atoms. The molecule has 2 rings (SSSR count). The van der Waals surface area contributed by atoms with Crippen LogP contribution in [0.5, 0.6) is 6.01 Å². The average molecular weight is 295 g/mol. The highest BCUT2D eigenvalue weighted by molar-refractivity contribution is 5.39. The second kappa shape index (κ2) is 7.97. The Bertz CT molecular complexity index is 443. The van der Waals surface area contributed by atoms with Crippen molar-refractivity contribution in [3.05, 3.63) is 0 Å². The Kier molecular flexibility index (Phi) is 5.98. The fraction of sp³-hybridized carbons (Fsp3) is 0.786. The van der Waals surface area contributed by atoms with Crippen LogP contribution in [0.3, 0.4) is 0 Å². The third-order valence-corrected chi connectivity index (χ3v) is 3.33. The van der Waals surface area contributed by atoms with Crippen LogP contribution in [0.15, 0.2) is 0 Å². The van der Waals surface area contributed by atoms with Gasteiger partial charge in [-0.15, -0.1) is 0 Å². The first kappa shape index (κ1) is 15.8. The molecule has 1 aliphatic rings. The van der Waals surface area contributed by atoms with Crippen LogP contribution < -0.4 is 15.0 Å². The van der Waals surface area contributed by atoms with Gasteiger partial charge >= 0.3 is 6.01 Å². The number of hydrogen-bond acceptors (Lipinski definition) is 7. The van der Waals surface area contributed by atoms with Gasteiger partial charge in [-0.25, -0.2) is 0 Å². The van der Waals surface area contributed by atoms with Crippen molar-refractivity contribution in [3.8, 4) is 6.01 Å².